The average Bonchev–Trinajstić information content (AvgIpc) is 2.44. The molecule has 0 spiro atoms. The highest BCUT2D eigenvalue weighted by atomic mass is 19.4. The summed E-state index contributed by atoms with van der Waals surface area (Å²) < 4.78 is 79.1. The summed E-state index contributed by atoms with van der Waals surface area (Å²) in [5.74, 6) is -2.05. The quantitative estimate of drug-likeness (QED) is 0.837. The Morgan fingerprint density at radius 2 is 1.54 bits per heavy atom. The Balaban J connectivity index is 2.52. The lowest BCUT2D eigenvalue weighted by Crippen LogP contribution is -2.21. The van der Waals surface area contributed by atoms with E-state index in [0.717, 1.165) is 30.3 Å². The van der Waals surface area contributed by atoms with Crippen LogP contribution in [-0.4, -0.2) is 12.3 Å². The van der Waals surface area contributed by atoms with Crippen molar-refractivity contribution >= 4 is 5.91 Å². The fourth-order valence-electron chi connectivity index (χ4n) is 1.99. The number of halogens is 6. The lowest BCUT2D eigenvalue weighted by atomic mass is 10.0. The molecule has 3 nitrogen and oxygen atoms in total. The Morgan fingerprint density at radius 3 is 2.08 bits per heavy atom. The first-order valence-electron chi connectivity index (χ1n) is 6.34. The zero-order chi connectivity index (χ0) is 18.1. The highest BCUT2D eigenvalue weighted by Crippen LogP contribution is 2.35. The number of benzene rings is 2. The molecule has 0 aromatic heterocycles. The van der Waals surface area contributed by atoms with E-state index in [1.807, 2.05) is 0 Å². The van der Waals surface area contributed by atoms with Crippen LogP contribution in [0, 0.1) is 0 Å². The fourth-order valence-corrected chi connectivity index (χ4v) is 1.99. The number of carbonyl (C=O) groups is 1. The first-order valence-corrected chi connectivity index (χ1v) is 6.34. The van der Waals surface area contributed by atoms with Gasteiger partial charge in [0.15, 0.2) is 0 Å². The number of carbonyl (C=O) groups excluding carboxylic acids is 1. The number of rotatable bonds is 3. The minimum Gasteiger partial charge on any atom is -0.405 e. The Kier molecular flexibility index (Phi) is 4.46. The van der Waals surface area contributed by atoms with E-state index >= 15 is 0 Å². The van der Waals surface area contributed by atoms with E-state index in [1.165, 1.54) is 12.1 Å². The van der Waals surface area contributed by atoms with Gasteiger partial charge in [-0.15, -0.1) is 13.2 Å². The SMILES string of the molecule is NC(=O)c1ccc(-c2cccc(C(F)(F)F)c2)cc1OC(F)(F)F. The van der Waals surface area contributed by atoms with Crippen LogP contribution in [0.25, 0.3) is 11.1 Å². The van der Waals surface area contributed by atoms with Gasteiger partial charge >= 0.3 is 12.5 Å². The molecule has 0 aliphatic heterocycles. The van der Waals surface area contributed by atoms with Crippen molar-refractivity contribution in [3.05, 3.63) is 53.6 Å². The van der Waals surface area contributed by atoms with Crippen molar-refractivity contribution in [3.8, 4) is 16.9 Å². The Morgan fingerprint density at radius 1 is 0.917 bits per heavy atom. The molecule has 0 fully saturated rings. The molecule has 0 aliphatic rings. The number of hydrogen-bond donors (Lipinski definition) is 1. The van der Waals surface area contributed by atoms with Gasteiger partial charge in [-0.05, 0) is 35.4 Å². The third kappa shape index (κ3) is 4.18. The summed E-state index contributed by atoms with van der Waals surface area (Å²) in [5, 5.41) is 0. The van der Waals surface area contributed by atoms with Gasteiger partial charge in [-0.2, -0.15) is 13.2 Å². The second-order valence-corrected chi connectivity index (χ2v) is 4.70. The normalized spacial score (nSPS) is 12.1. The predicted octanol–water partition coefficient (Wildman–Crippen LogP) is 4.37. The Bertz CT molecular complexity index is 767. The monoisotopic (exact) mass is 349 g/mol. The van der Waals surface area contributed by atoms with Crippen molar-refractivity contribution in [2.24, 2.45) is 5.73 Å². The topological polar surface area (TPSA) is 52.3 Å². The van der Waals surface area contributed by atoms with Crippen LogP contribution in [0.15, 0.2) is 42.5 Å². The molecule has 128 valence electrons. The van der Waals surface area contributed by atoms with Crippen LogP contribution in [-0.2, 0) is 6.18 Å². The number of primary amides is 1. The molecule has 0 saturated carbocycles. The molecule has 2 rings (SSSR count). The second-order valence-electron chi connectivity index (χ2n) is 4.70. The first-order chi connectivity index (χ1) is 11.0. The van der Waals surface area contributed by atoms with Crippen molar-refractivity contribution in [2.75, 3.05) is 0 Å². The first kappa shape index (κ1) is 17.6. The largest absolute Gasteiger partial charge is 0.573 e. The van der Waals surface area contributed by atoms with Crippen molar-refractivity contribution < 1.29 is 35.9 Å². The van der Waals surface area contributed by atoms with Gasteiger partial charge < -0.3 is 10.5 Å². The maximum atomic E-state index is 12.7. The lowest BCUT2D eigenvalue weighted by molar-refractivity contribution is -0.274. The van der Waals surface area contributed by atoms with E-state index in [0.29, 0.717) is 0 Å². The third-order valence-corrected chi connectivity index (χ3v) is 3.00. The van der Waals surface area contributed by atoms with Gasteiger partial charge in [-0.3, -0.25) is 4.79 Å². The lowest BCUT2D eigenvalue weighted by Gasteiger charge is -2.14. The van der Waals surface area contributed by atoms with Crippen LogP contribution < -0.4 is 10.5 Å². The molecular formula is C15H9F6NO2. The van der Waals surface area contributed by atoms with Crippen molar-refractivity contribution in [1.29, 1.82) is 0 Å². The standard InChI is InChI=1S/C15H9F6NO2/c16-14(17,18)10-3-1-2-8(6-10)9-4-5-11(13(22)23)12(7-9)24-15(19,20)21/h1-7H,(H2,22,23). The summed E-state index contributed by atoms with van der Waals surface area (Å²) >= 11 is 0. The molecule has 2 N–H and O–H groups in total. The predicted molar refractivity (Wildman–Crippen MR) is 72.1 cm³/mol. The highest BCUT2D eigenvalue weighted by Gasteiger charge is 2.33. The number of nitrogens with two attached hydrogens (primary N) is 1. The van der Waals surface area contributed by atoms with E-state index in [1.54, 1.807) is 0 Å². The maximum absolute atomic E-state index is 12.7. The molecular weight excluding hydrogens is 340 g/mol. The van der Waals surface area contributed by atoms with Crippen LogP contribution in [0.5, 0.6) is 5.75 Å². The van der Waals surface area contributed by atoms with Gasteiger partial charge in [0.1, 0.15) is 5.75 Å². The van der Waals surface area contributed by atoms with E-state index in [-0.39, 0.29) is 11.1 Å². The number of amides is 1. The summed E-state index contributed by atoms with van der Waals surface area (Å²) in [6.45, 7) is 0. The zero-order valence-electron chi connectivity index (χ0n) is 11.7. The van der Waals surface area contributed by atoms with Gasteiger partial charge in [-0.1, -0.05) is 18.2 Å². The number of hydrogen-bond acceptors (Lipinski definition) is 2. The minimum absolute atomic E-state index is 0.00495. The van der Waals surface area contributed by atoms with Crippen LogP contribution in [0.1, 0.15) is 15.9 Å². The summed E-state index contributed by atoms with van der Waals surface area (Å²) in [6, 6.07) is 6.95. The third-order valence-electron chi connectivity index (χ3n) is 3.00. The van der Waals surface area contributed by atoms with Gasteiger partial charge in [0.2, 0.25) is 0 Å². The van der Waals surface area contributed by atoms with Crippen LogP contribution in [0.3, 0.4) is 0 Å². The molecule has 0 bridgehead atoms. The Hall–Kier alpha value is -2.71. The van der Waals surface area contributed by atoms with Gasteiger partial charge in [-0.25, -0.2) is 0 Å². The van der Waals surface area contributed by atoms with Gasteiger partial charge in [0.25, 0.3) is 5.91 Å². The maximum Gasteiger partial charge on any atom is 0.573 e. The molecule has 9 heteroatoms. The Labute approximate surface area is 131 Å². The number of ether oxygens (including phenoxy) is 1. The zero-order valence-corrected chi connectivity index (χ0v) is 11.7. The molecule has 0 atom stereocenters. The van der Waals surface area contributed by atoms with Crippen LogP contribution >= 0.6 is 0 Å². The molecule has 2 aromatic carbocycles. The number of alkyl halides is 6. The van der Waals surface area contributed by atoms with Crippen molar-refractivity contribution in [2.45, 2.75) is 12.5 Å². The molecule has 24 heavy (non-hydrogen) atoms. The molecule has 0 unspecified atom stereocenters. The summed E-state index contributed by atoms with van der Waals surface area (Å²) in [6.07, 6.45) is -9.69. The van der Waals surface area contributed by atoms with Crippen molar-refractivity contribution in [1.82, 2.24) is 0 Å². The molecule has 0 aliphatic carbocycles. The van der Waals surface area contributed by atoms with E-state index < -0.39 is 35.3 Å². The van der Waals surface area contributed by atoms with Crippen LogP contribution in [0.4, 0.5) is 26.3 Å². The summed E-state index contributed by atoms with van der Waals surface area (Å²) in [5.41, 5.74) is 3.48. The van der Waals surface area contributed by atoms with E-state index in [9.17, 15) is 31.1 Å². The minimum atomic E-state index is -5.09. The molecule has 0 heterocycles. The molecule has 0 radical (unpaired) electrons. The van der Waals surface area contributed by atoms with Gasteiger partial charge in [0, 0.05) is 0 Å². The fraction of sp³-hybridized carbons (Fsp3) is 0.133. The average molecular weight is 349 g/mol. The summed E-state index contributed by atoms with van der Waals surface area (Å²) in [7, 11) is 0. The smallest absolute Gasteiger partial charge is 0.405 e. The highest BCUT2D eigenvalue weighted by molar-refractivity contribution is 5.96. The van der Waals surface area contributed by atoms with Crippen molar-refractivity contribution in [3.63, 3.8) is 0 Å². The van der Waals surface area contributed by atoms with E-state index in [2.05, 4.69) is 4.74 Å². The van der Waals surface area contributed by atoms with Crippen LogP contribution in [0.2, 0.25) is 0 Å². The van der Waals surface area contributed by atoms with E-state index in [4.69, 9.17) is 5.73 Å². The molecule has 1 amide bonds. The molecule has 2 aromatic rings. The molecule has 0 saturated heterocycles. The van der Waals surface area contributed by atoms with Gasteiger partial charge in [0.05, 0.1) is 11.1 Å². The summed E-state index contributed by atoms with van der Waals surface area (Å²) in [4.78, 5) is 11.2. The second kappa shape index (κ2) is 6.06.